The van der Waals surface area contributed by atoms with E-state index < -0.39 is 0 Å². The van der Waals surface area contributed by atoms with E-state index in [1.807, 2.05) is 0 Å². The van der Waals surface area contributed by atoms with E-state index in [1.54, 1.807) is 14.2 Å². The number of nitrogens with zero attached hydrogens (tertiary/aromatic N) is 1. The van der Waals surface area contributed by atoms with Gasteiger partial charge in [0, 0.05) is 20.2 Å². The number of hydrogen-bond donors (Lipinski definition) is 1. The van der Waals surface area contributed by atoms with Crippen LogP contribution < -0.4 is 5.56 Å². The molecule has 56 valence electrons. The normalized spacial score (nSPS) is 10.2. The molecule has 0 fully saturated rings. The zero-order valence-corrected chi connectivity index (χ0v) is 6.05. The molecule has 0 amide bonds. The van der Waals surface area contributed by atoms with Gasteiger partial charge in [-0.3, -0.25) is 14.6 Å². The maximum Gasteiger partial charge on any atom is 0.266 e. The smallest absolute Gasteiger partial charge is 0.266 e. The summed E-state index contributed by atoms with van der Waals surface area (Å²) in [5.74, 6) is 0. The molecule has 0 spiro atoms. The molecule has 0 bridgehead atoms. The minimum Gasteiger partial charge on any atom is -0.378 e. The highest BCUT2D eigenvalue weighted by molar-refractivity contribution is 4.96. The second kappa shape index (κ2) is 2.70. The van der Waals surface area contributed by atoms with Gasteiger partial charge in [0.1, 0.15) is 0 Å². The lowest BCUT2D eigenvalue weighted by molar-refractivity contribution is 0.181. The Morgan fingerprint density at radius 1 is 1.80 bits per heavy atom. The molecule has 0 aliphatic heterocycles. The maximum absolute atomic E-state index is 10.8. The first-order valence-corrected chi connectivity index (χ1v) is 2.98. The van der Waals surface area contributed by atoms with Crippen molar-refractivity contribution in [3.05, 3.63) is 22.1 Å². The predicted octanol–water partition coefficient (Wildman–Crippen LogP) is -0.140. The lowest BCUT2D eigenvalue weighted by Crippen LogP contribution is -2.09. The van der Waals surface area contributed by atoms with E-state index in [-0.39, 0.29) is 5.56 Å². The van der Waals surface area contributed by atoms with Gasteiger partial charge in [-0.05, 0) is 0 Å². The second-order valence-corrected chi connectivity index (χ2v) is 2.11. The van der Waals surface area contributed by atoms with Gasteiger partial charge >= 0.3 is 0 Å². The van der Waals surface area contributed by atoms with Gasteiger partial charge in [0.2, 0.25) is 0 Å². The number of methoxy groups -OCH3 is 1. The second-order valence-electron chi connectivity index (χ2n) is 2.11. The molecule has 10 heavy (non-hydrogen) atoms. The number of aromatic nitrogens is 2. The number of H-pyrrole nitrogens is 1. The first-order chi connectivity index (χ1) is 4.74. The lowest BCUT2D eigenvalue weighted by Gasteiger charge is -1.92. The summed E-state index contributed by atoms with van der Waals surface area (Å²) in [7, 11) is 3.26. The molecular weight excluding hydrogens is 132 g/mol. The molecule has 0 aromatic carbocycles. The van der Waals surface area contributed by atoms with Crippen molar-refractivity contribution >= 4 is 0 Å². The van der Waals surface area contributed by atoms with Gasteiger partial charge in [-0.25, -0.2) is 0 Å². The Hall–Kier alpha value is -1.03. The summed E-state index contributed by atoms with van der Waals surface area (Å²) in [4.78, 5) is 10.8. The first kappa shape index (κ1) is 7.08. The molecule has 0 radical (unpaired) electrons. The number of aryl methyl sites for hydroxylation is 1. The van der Waals surface area contributed by atoms with Crippen LogP contribution in [0.2, 0.25) is 0 Å². The van der Waals surface area contributed by atoms with Gasteiger partial charge in [-0.2, -0.15) is 0 Å². The fourth-order valence-electron chi connectivity index (χ4n) is 0.778. The molecule has 1 N–H and O–H groups in total. The third-order valence-electron chi connectivity index (χ3n) is 1.24. The summed E-state index contributed by atoms with van der Waals surface area (Å²) < 4.78 is 6.22. The Kier molecular flexibility index (Phi) is 1.91. The van der Waals surface area contributed by atoms with Crippen LogP contribution in [0, 0.1) is 0 Å². The van der Waals surface area contributed by atoms with Crippen molar-refractivity contribution in [1.29, 1.82) is 0 Å². The molecule has 4 heteroatoms. The summed E-state index contributed by atoms with van der Waals surface area (Å²) >= 11 is 0. The Labute approximate surface area is 58.4 Å². The fourth-order valence-corrected chi connectivity index (χ4v) is 0.778. The van der Waals surface area contributed by atoms with Crippen LogP contribution in [0.15, 0.2) is 10.9 Å². The minimum atomic E-state index is -0.0351. The third-order valence-corrected chi connectivity index (χ3v) is 1.24. The fraction of sp³-hybridized carbons (Fsp3) is 0.500. The van der Waals surface area contributed by atoms with Crippen LogP contribution in [0.4, 0.5) is 0 Å². The van der Waals surface area contributed by atoms with E-state index in [0.29, 0.717) is 6.61 Å². The van der Waals surface area contributed by atoms with E-state index in [1.165, 1.54) is 10.7 Å². The molecule has 0 aliphatic carbocycles. The van der Waals surface area contributed by atoms with Gasteiger partial charge in [0.15, 0.2) is 0 Å². The molecule has 0 saturated carbocycles. The average molecular weight is 142 g/mol. The zero-order valence-electron chi connectivity index (χ0n) is 6.05. The summed E-state index contributed by atoms with van der Waals surface area (Å²) in [5.41, 5.74) is 0.766. The molecule has 1 heterocycles. The quantitative estimate of drug-likeness (QED) is 0.624. The summed E-state index contributed by atoms with van der Waals surface area (Å²) in [6.07, 6.45) is 0. The monoisotopic (exact) mass is 142 g/mol. The number of nitrogens with one attached hydrogen (secondary N) is 1. The Bertz CT molecular complexity index is 261. The van der Waals surface area contributed by atoms with Gasteiger partial charge in [0.25, 0.3) is 5.56 Å². The molecule has 0 atom stereocenters. The van der Waals surface area contributed by atoms with E-state index >= 15 is 0 Å². The Morgan fingerprint density at radius 2 is 2.50 bits per heavy atom. The third kappa shape index (κ3) is 1.27. The van der Waals surface area contributed by atoms with Gasteiger partial charge < -0.3 is 4.74 Å². The zero-order chi connectivity index (χ0) is 7.56. The highest BCUT2D eigenvalue weighted by Crippen LogP contribution is 1.89. The highest BCUT2D eigenvalue weighted by atomic mass is 16.5. The number of rotatable bonds is 2. The molecule has 0 saturated heterocycles. The molecule has 1 rings (SSSR count). The van der Waals surface area contributed by atoms with Crippen LogP contribution in [0.1, 0.15) is 5.69 Å². The average Bonchev–Trinajstić information content (AvgIpc) is 2.14. The Morgan fingerprint density at radius 3 is 2.90 bits per heavy atom. The van der Waals surface area contributed by atoms with Crippen molar-refractivity contribution in [3.8, 4) is 0 Å². The van der Waals surface area contributed by atoms with Gasteiger partial charge in [-0.1, -0.05) is 0 Å². The van der Waals surface area contributed by atoms with Crippen molar-refractivity contribution < 1.29 is 4.74 Å². The predicted molar refractivity (Wildman–Crippen MR) is 36.7 cm³/mol. The highest BCUT2D eigenvalue weighted by Gasteiger charge is 1.96. The van der Waals surface area contributed by atoms with E-state index in [4.69, 9.17) is 4.74 Å². The number of hydrogen-bond acceptors (Lipinski definition) is 2. The Balaban J connectivity index is 2.88. The maximum atomic E-state index is 10.8. The summed E-state index contributed by atoms with van der Waals surface area (Å²) in [6.45, 7) is 0.454. The van der Waals surface area contributed by atoms with E-state index in [2.05, 4.69) is 5.10 Å². The van der Waals surface area contributed by atoms with Gasteiger partial charge in [-0.15, -0.1) is 0 Å². The minimum absolute atomic E-state index is 0.0351. The molecule has 1 aromatic heterocycles. The van der Waals surface area contributed by atoms with Crippen molar-refractivity contribution in [2.75, 3.05) is 7.11 Å². The standard InChI is InChI=1S/C6H10N2O2/c1-8-6(9)3-5(7-8)4-10-2/h3,7H,4H2,1-2H3. The van der Waals surface area contributed by atoms with Crippen LogP contribution in [0.25, 0.3) is 0 Å². The van der Waals surface area contributed by atoms with Crippen LogP contribution in [-0.2, 0) is 18.4 Å². The van der Waals surface area contributed by atoms with Crippen molar-refractivity contribution in [2.45, 2.75) is 6.61 Å². The number of aromatic amines is 1. The molecular formula is C6H10N2O2. The topological polar surface area (TPSA) is 47.0 Å². The lowest BCUT2D eigenvalue weighted by atomic mass is 10.5. The SMILES string of the molecule is COCc1cc(=O)n(C)[nH]1. The molecule has 4 nitrogen and oxygen atoms in total. The summed E-state index contributed by atoms with van der Waals surface area (Å²) in [6, 6.07) is 1.52. The van der Waals surface area contributed by atoms with Crippen molar-refractivity contribution in [2.24, 2.45) is 7.05 Å². The largest absolute Gasteiger partial charge is 0.378 e. The first-order valence-electron chi connectivity index (χ1n) is 2.98. The number of ether oxygens (including phenoxy) is 1. The van der Waals surface area contributed by atoms with E-state index in [0.717, 1.165) is 5.69 Å². The van der Waals surface area contributed by atoms with Crippen molar-refractivity contribution in [1.82, 2.24) is 9.78 Å². The van der Waals surface area contributed by atoms with E-state index in [9.17, 15) is 4.79 Å². The van der Waals surface area contributed by atoms with Crippen LogP contribution in [-0.4, -0.2) is 16.9 Å². The van der Waals surface area contributed by atoms with Crippen LogP contribution in [0.3, 0.4) is 0 Å². The summed E-state index contributed by atoms with van der Waals surface area (Å²) in [5, 5.41) is 2.82. The molecule has 0 aliphatic rings. The van der Waals surface area contributed by atoms with Crippen LogP contribution >= 0.6 is 0 Å². The van der Waals surface area contributed by atoms with Crippen LogP contribution in [0.5, 0.6) is 0 Å². The van der Waals surface area contributed by atoms with Gasteiger partial charge in [0.05, 0.1) is 12.3 Å². The van der Waals surface area contributed by atoms with Crippen molar-refractivity contribution in [3.63, 3.8) is 0 Å². The molecule has 0 unspecified atom stereocenters. The molecule has 1 aromatic rings.